The quantitative estimate of drug-likeness (QED) is 0.483. The summed E-state index contributed by atoms with van der Waals surface area (Å²) in [4.78, 5) is 33.9. The largest absolute Gasteiger partial charge is 0.455 e. The van der Waals surface area contributed by atoms with E-state index in [1.807, 2.05) is 32.0 Å². The van der Waals surface area contributed by atoms with E-state index in [2.05, 4.69) is 15.1 Å². The van der Waals surface area contributed by atoms with Crippen molar-refractivity contribution in [1.29, 1.82) is 0 Å². The molecule has 8 nitrogen and oxygen atoms in total. The number of nitrogens with zero attached hydrogens (tertiary/aromatic N) is 5. The van der Waals surface area contributed by atoms with Crippen molar-refractivity contribution in [2.75, 3.05) is 0 Å². The topological polar surface area (TPSA) is 91.4 Å². The molecule has 0 fully saturated rings. The fourth-order valence-corrected chi connectivity index (χ4v) is 3.65. The average molecular weight is 395 g/mol. The fraction of sp³-hybridized carbons (Fsp3) is 0.211. The molecule has 0 atom stereocenters. The molecule has 142 valence electrons. The van der Waals surface area contributed by atoms with Gasteiger partial charge in [0, 0.05) is 23.8 Å². The summed E-state index contributed by atoms with van der Waals surface area (Å²) < 4.78 is 8.51. The van der Waals surface area contributed by atoms with Gasteiger partial charge in [0.05, 0.1) is 17.6 Å². The van der Waals surface area contributed by atoms with Gasteiger partial charge in [0.15, 0.2) is 10.8 Å². The molecule has 0 N–H and O–H groups in total. The van der Waals surface area contributed by atoms with E-state index in [1.54, 1.807) is 22.5 Å². The first-order chi connectivity index (χ1) is 13.5. The van der Waals surface area contributed by atoms with E-state index < -0.39 is 5.97 Å². The molecule has 0 spiro atoms. The number of carbonyl (C=O) groups excluding carboxylic acids is 1. The lowest BCUT2D eigenvalue weighted by Gasteiger charge is -2.12. The predicted octanol–water partition coefficient (Wildman–Crippen LogP) is 2.82. The van der Waals surface area contributed by atoms with Crippen molar-refractivity contribution in [3.8, 4) is 5.82 Å². The van der Waals surface area contributed by atoms with Crippen molar-refractivity contribution in [1.82, 2.24) is 24.1 Å². The molecule has 4 heterocycles. The molecule has 0 unspecified atom stereocenters. The summed E-state index contributed by atoms with van der Waals surface area (Å²) >= 11 is 1.34. The summed E-state index contributed by atoms with van der Waals surface area (Å²) in [6.07, 6.45) is 4.81. The predicted molar refractivity (Wildman–Crippen MR) is 104 cm³/mol. The van der Waals surface area contributed by atoms with Gasteiger partial charge in [-0.2, -0.15) is 5.10 Å². The van der Waals surface area contributed by atoms with E-state index >= 15 is 0 Å². The van der Waals surface area contributed by atoms with Gasteiger partial charge >= 0.3 is 5.97 Å². The summed E-state index contributed by atoms with van der Waals surface area (Å²) in [5.74, 6) is 0.138. The lowest BCUT2D eigenvalue weighted by Crippen LogP contribution is -2.15. The zero-order valence-electron chi connectivity index (χ0n) is 15.3. The van der Waals surface area contributed by atoms with Gasteiger partial charge in [-0.25, -0.2) is 19.4 Å². The number of carbonyl (C=O) groups is 1. The second-order valence-corrected chi connectivity index (χ2v) is 7.29. The fourth-order valence-electron chi connectivity index (χ4n) is 2.91. The van der Waals surface area contributed by atoms with Crippen molar-refractivity contribution in [2.24, 2.45) is 0 Å². The van der Waals surface area contributed by atoms with E-state index in [0.29, 0.717) is 27.7 Å². The Kier molecular flexibility index (Phi) is 4.74. The molecule has 0 aliphatic rings. The molecule has 28 heavy (non-hydrogen) atoms. The van der Waals surface area contributed by atoms with Crippen LogP contribution in [0.25, 0.3) is 10.8 Å². The smallest absolute Gasteiger partial charge is 0.342 e. The highest BCUT2D eigenvalue weighted by molar-refractivity contribution is 7.15. The van der Waals surface area contributed by atoms with Gasteiger partial charge < -0.3 is 4.74 Å². The van der Waals surface area contributed by atoms with Gasteiger partial charge in [-0.1, -0.05) is 19.9 Å². The molecule has 0 saturated carbocycles. The van der Waals surface area contributed by atoms with Crippen molar-refractivity contribution < 1.29 is 9.53 Å². The van der Waals surface area contributed by atoms with Gasteiger partial charge in [-0.15, -0.1) is 11.3 Å². The number of esters is 1. The van der Waals surface area contributed by atoms with Crippen LogP contribution in [-0.2, 0) is 11.3 Å². The molecule has 0 radical (unpaired) electrons. The maximum atomic E-state index is 12.7. The molecule has 4 aromatic heterocycles. The van der Waals surface area contributed by atoms with Gasteiger partial charge in [0.1, 0.15) is 12.2 Å². The Hall–Kier alpha value is -3.33. The Bertz CT molecular complexity index is 1190. The lowest BCUT2D eigenvalue weighted by atomic mass is 10.1. The van der Waals surface area contributed by atoms with Crippen molar-refractivity contribution in [3.63, 3.8) is 0 Å². The number of hydrogen-bond acceptors (Lipinski definition) is 7. The van der Waals surface area contributed by atoms with Crippen LogP contribution in [0.15, 0.2) is 53.0 Å². The Morgan fingerprint density at radius 2 is 2.18 bits per heavy atom. The van der Waals surface area contributed by atoms with Crippen LogP contribution < -0.4 is 5.56 Å². The third kappa shape index (κ3) is 3.31. The van der Waals surface area contributed by atoms with Gasteiger partial charge in [-0.05, 0) is 18.1 Å². The van der Waals surface area contributed by atoms with E-state index in [4.69, 9.17) is 4.74 Å². The number of hydrogen-bond donors (Lipinski definition) is 0. The number of aromatic nitrogens is 5. The van der Waals surface area contributed by atoms with Gasteiger partial charge in [0.2, 0.25) is 0 Å². The molecule has 0 bridgehead atoms. The highest BCUT2D eigenvalue weighted by Crippen LogP contribution is 2.23. The highest BCUT2D eigenvalue weighted by Gasteiger charge is 2.22. The zero-order chi connectivity index (χ0) is 19.7. The Morgan fingerprint density at radius 1 is 1.32 bits per heavy atom. The van der Waals surface area contributed by atoms with Crippen LogP contribution in [0.4, 0.5) is 0 Å². The summed E-state index contributed by atoms with van der Waals surface area (Å²) in [6, 6.07) is 6.86. The number of thiazole rings is 1. The number of pyridine rings is 1. The van der Waals surface area contributed by atoms with Crippen molar-refractivity contribution in [2.45, 2.75) is 26.4 Å². The summed E-state index contributed by atoms with van der Waals surface area (Å²) in [5.41, 5.74) is 1.28. The Morgan fingerprint density at radius 3 is 2.93 bits per heavy atom. The van der Waals surface area contributed by atoms with Gasteiger partial charge in [-0.3, -0.25) is 9.20 Å². The Labute approximate surface area is 164 Å². The third-order valence-electron chi connectivity index (χ3n) is 4.15. The zero-order valence-corrected chi connectivity index (χ0v) is 16.1. The van der Waals surface area contributed by atoms with Gasteiger partial charge in [0.25, 0.3) is 5.56 Å². The van der Waals surface area contributed by atoms with Crippen LogP contribution in [0.5, 0.6) is 0 Å². The molecule has 0 aliphatic heterocycles. The molecular formula is C19H17N5O3S. The maximum absolute atomic E-state index is 12.7. The Balaban J connectivity index is 1.59. The molecule has 0 aliphatic carbocycles. The minimum absolute atomic E-state index is 0.0253. The van der Waals surface area contributed by atoms with Crippen LogP contribution in [0.1, 0.15) is 41.5 Å². The lowest BCUT2D eigenvalue weighted by molar-refractivity contribution is 0.0466. The minimum atomic E-state index is -0.515. The monoisotopic (exact) mass is 395 g/mol. The van der Waals surface area contributed by atoms with E-state index in [9.17, 15) is 9.59 Å². The minimum Gasteiger partial charge on any atom is -0.455 e. The van der Waals surface area contributed by atoms with Crippen LogP contribution in [-0.4, -0.2) is 30.1 Å². The van der Waals surface area contributed by atoms with Crippen LogP contribution in [0, 0.1) is 0 Å². The van der Waals surface area contributed by atoms with E-state index in [-0.39, 0.29) is 18.1 Å². The van der Waals surface area contributed by atoms with Crippen molar-refractivity contribution >= 4 is 22.3 Å². The first-order valence-electron chi connectivity index (χ1n) is 8.67. The molecule has 9 heteroatoms. The SMILES string of the molecule is CC(C)c1c(C(=O)OCc2cc(=O)n3ccsc3n2)cnn1-c1ccccn1. The standard InChI is InChI=1S/C19H17N5O3S/c1-12(2)17-14(10-21-24(17)15-5-3-4-6-20-15)18(26)27-11-13-9-16(25)23-7-8-28-19(23)22-13/h3-10,12H,11H2,1-2H3. The molecular weight excluding hydrogens is 378 g/mol. The van der Waals surface area contributed by atoms with Crippen LogP contribution in [0.2, 0.25) is 0 Å². The number of fused-ring (bicyclic) bond motifs is 1. The average Bonchev–Trinajstić information content (AvgIpc) is 3.34. The van der Waals surface area contributed by atoms with Crippen LogP contribution in [0.3, 0.4) is 0 Å². The summed E-state index contributed by atoms with van der Waals surface area (Å²) in [7, 11) is 0. The molecule has 0 amide bonds. The normalized spacial score (nSPS) is 11.2. The van der Waals surface area contributed by atoms with Crippen LogP contribution >= 0.6 is 11.3 Å². The molecule has 0 aromatic carbocycles. The summed E-state index contributed by atoms with van der Waals surface area (Å²) in [5, 5.41) is 6.10. The highest BCUT2D eigenvalue weighted by atomic mass is 32.1. The first kappa shape index (κ1) is 18.1. The van der Waals surface area contributed by atoms with Crippen molar-refractivity contribution in [3.05, 3.63) is 75.5 Å². The molecule has 0 saturated heterocycles. The maximum Gasteiger partial charge on any atom is 0.342 e. The second kappa shape index (κ2) is 7.35. The second-order valence-electron chi connectivity index (χ2n) is 6.42. The summed E-state index contributed by atoms with van der Waals surface area (Å²) in [6.45, 7) is 3.86. The van der Waals surface area contributed by atoms with E-state index in [0.717, 1.165) is 0 Å². The molecule has 4 aromatic rings. The number of rotatable bonds is 5. The first-order valence-corrected chi connectivity index (χ1v) is 9.55. The van der Waals surface area contributed by atoms with E-state index in [1.165, 1.54) is 28.0 Å². The molecule has 4 rings (SSSR count). The number of ether oxygens (including phenoxy) is 1. The third-order valence-corrected chi connectivity index (χ3v) is 4.90.